The van der Waals surface area contributed by atoms with Gasteiger partial charge in [0, 0.05) is 33.3 Å². The highest BCUT2D eigenvalue weighted by atomic mass is 16.5. The van der Waals surface area contributed by atoms with Crippen LogP contribution in [0.3, 0.4) is 0 Å². The third kappa shape index (κ3) is 3.19. The number of anilines is 1. The highest BCUT2D eigenvalue weighted by Crippen LogP contribution is 2.29. The molecule has 22 heavy (non-hydrogen) atoms. The van der Waals surface area contributed by atoms with E-state index in [0.29, 0.717) is 19.5 Å². The van der Waals surface area contributed by atoms with Gasteiger partial charge in [-0.3, -0.25) is 4.79 Å². The van der Waals surface area contributed by atoms with Gasteiger partial charge in [-0.1, -0.05) is 19.1 Å². The number of benzene rings is 1. The van der Waals surface area contributed by atoms with Gasteiger partial charge in [0.05, 0.1) is 12.8 Å². The van der Waals surface area contributed by atoms with Crippen molar-refractivity contribution in [1.29, 1.82) is 0 Å². The summed E-state index contributed by atoms with van der Waals surface area (Å²) in [6.07, 6.45) is 0.676. The topological polar surface area (TPSA) is 42.0 Å². The molecule has 1 saturated heterocycles. The third-order valence-corrected chi connectivity index (χ3v) is 4.57. The quantitative estimate of drug-likeness (QED) is 0.836. The summed E-state index contributed by atoms with van der Waals surface area (Å²) in [5.74, 6) is 0.953. The summed E-state index contributed by atoms with van der Waals surface area (Å²) < 4.78 is 10.8. The molecular formula is C17H26N2O3. The molecule has 0 N–H and O–H groups in total. The maximum atomic E-state index is 12.6. The predicted octanol–water partition coefficient (Wildman–Crippen LogP) is 2.16. The molecular weight excluding hydrogens is 280 g/mol. The highest BCUT2D eigenvalue weighted by Gasteiger charge is 2.36. The van der Waals surface area contributed by atoms with E-state index >= 15 is 0 Å². The number of nitrogens with zero attached hydrogens (tertiary/aromatic N) is 2. The van der Waals surface area contributed by atoms with Crippen molar-refractivity contribution in [2.24, 2.45) is 0 Å². The smallest absolute Gasteiger partial charge is 0.254 e. The predicted molar refractivity (Wildman–Crippen MR) is 87.5 cm³/mol. The Morgan fingerprint density at radius 1 is 1.18 bits per heavy atom. The summed E-state index contributed by atoms with van der Waals surface area (Å²) >= 11 is 0. The molecule has 1 aliphatic heterocycles. The number of hydrogen-bond acceptors (Lipinski definition) is 4. The molecule has 1 unspecified atom stereocenters. The number of ether oxygens (including phenoxy) is 2. The van der Waals surface area contributed by atoms with Crippen LogP contribution < -0.4 is 9.64 Å². The van der Waals surface area contributed by atoms with Crippen LogP contribution in [0.2, 0.25) is 0 Å². The Labute approximate surface area is 132 Å². The van der Waals surface area contributed by atoms with Crippen molar-refractivity contribution in [3.63, 3.8) is 0 Å². The van der Waals surface area contributed by atoms with Crippen LogP contribution in [0, 0.1) is 0 Å². The van der Waals surface area contributed by atoms with Gasteiger partial charge >= 0.3 is 0 Å². The molecule has 0 spiro atoms. The third-order valence-electron chi connectivity index (χ3n) is 4.57. The number of carbonyl (C=O) groups excluding carboxylic acids is 1. The van der Waals surface area contributed by atoms with Gasteiger partial charge < -0.3 is 19.3 Å². The first kappa shape index (κ1) is 16.6. The molecule has 1 amide bonds. The van der Waals surface area contributed by atoms with Gasteiger partial charge in [-0.2, -0.15) is 0 Å². The minimum absolute atomic E-state index is 0.0807. The molecule has 1 aliphatic rings. The zero-order valence-corrected chi connectivity index (χ0v) is 14.0. The lowest BCUT2D eigenvalue weighted by Gasteiger charge is -2.40. The number of para-hydroxylation sites is 2. The zero-order chi connectivity index (χ0) is 16.2. The van der Waals surface area contributed by atoms with Gasteiger partial charge in [0.1, 0.15) is 11.4 Å². The SMILES string of the molecule is CCC(C)(OC)C(=O)N1CCN(c2ccccc2OC)CC1. The van der Waals surface area contributed by atoms with Crippen LogP contribution in [0.25, 0.3) is 0 Å². The molecule has 2 rings (SSSR count). The molecule has 1 heterocycles. The van der Waals surface area contributed by atoms with E-state index < -0.39 is 5.60 Å². The normalized spacial score (nSPS) is 18.0. The number of amides is 1. The Bertz CT molecular complexity index is 506. The fourth-order valence-electron chi connectivity index (χ4n) is 2.76. The fourth-order valence-corrected chi connectivity index (χ4v) is 2.76. The van der Waals surface area contributed by atoms with Crippen LogP contribution >= 0.6 is 0 Å². The molecule has 0 saturated carbocycles. The zero-order valence-electron chi connectivity index (χ0n) is 14.0. The minimum Gasteiger partial charge on any atom is -0.495 e. The Hall–Kier alpha value is -1.75. The van der Waals surface area contributed by atoms with Crippen LogP contribution in [0.5, 0.6) is 5.75 Å². The van der Waals surface area contributed by atoms with Crippen LogP contribution in [-0.2, 0) is 9.53 Å². The second-order valence-corrected chi connectivity index (χ2v) is 5.74. The molecule has 0 aromatic heterocycles. The monoisotopic (exact) mass is 306 g/mol. The van der Waals surface area contributed by atoms with Gasteiger partial charge in [0.15, 0.2) is 0 Å². The average molecular weight is 306 g/mol. The van der Waals surface area contributed by atoms with Gasteiger partial charge in [0.25, 0.3) is 5.91 Å². The lowest BCUT2D eigenvalue weighted by Crippen LogP contribution is -2.55. The molecule has 122 valence electrons. The first-order valence-corrected chi connectivity index (χ1v) is 7.78. The van der Waals surface area contributed by atoms with Crippen LogP contribution in [0.15, 0.2) is 24.3 Å². The summed E-state index contributed by atoms with van der Waals surface area (Å²) in [6.45, 7) is 6.85. The molecule has 1 aromatic rings. The summed E-state index contributed by atoms with van der Waals surface area (Å²) in [4.78, 5) is 16.8. The Kier molecular flexibility index (Phi) is 5.29. The summed E-state index contributed by atoms with van der Waals surface area (Å²) in [5, 5.41) is 0. The van der Waals surface area contributed by atoms with E-state index in [1.165, 1.54) is 0 Å². The van der Waals surface area contributed by atoms with E-state index in [2.05, 4.69) is 11.0 Å². The Balaban J connectivity index is 2.03. The first-order chi connectivity index (χ1) is 10.6. The van der Waals surface area contributed by atoms with Gasteiger partial charge in [-0.15, -0.1) is 0 Å². The van der Waals surface area contributed by atoms with E-state index in [0.717, 1.165) is 24.5 Å². The van der Waals surface area contributed by atoms with E-state index in [1.54, 1.807) is 14.2 Å². The summed E-state index contributed by atoms with van der Waals surface area (Å²) in [5.41, 5.74) is 0.370. The molecule has 5 nitrogen and oxygen atoms in total. The molecule has 1 atom stereocenters. The van der Waals surface area contributed by atoms with Crippen molar-refractivity contribution in [1.82, 2.24) is 4.90 Å². The lowest BCUT2D eigenvalue weighted by molar-refractivity contribution is -0.153. The van der Waals surface area contributed by atoms with Crippen molar-refractivity contribution >= 4 is 11.6 Å². The fraction of sp³-hybridized carbons (Fsp3) is 0.588. The van der Waals surface area contributed by atoms with Crippen molar-refractivity contribution < 1.29 is 14.3 Å². The van der Waals surface area contributed by atoms with Crippen LogP contribution in [-0.4, -0.2) is 56.8 Å². The van der Waals surface area contributed by atoms with Crippen LogP contribution in [0.4, 0.5) is 5.69 Å². The number of piperazine rings is 1. The second kappa shape index (κ2) is 7.01. The van der Waals surface area contributed by atoms with Crippen molar-refractivity contribution in [3.8, 4) is 5.75 Å². The van der Waals surface area contributed by atoms with E-state index in [4.69, 9.17) is 9.47 Å². The number of carbonyl (C=O) groups is 1. The Morgan fingerprint density at radius 3 is 2.36 bits per heavy atom. The maximum Gasteiger partial charge on any atom is 0.254 e. The van der Waals surface area contributed by atoms with Crippen molar-refractivity contribution in [3.05, 3.63) is 24.3 Å². The van der Waals surface area contributed by atoms with Gasteiger partial charge in [0.2, 0.25) is 0 Å². The van der Waals surface area contributed by atoms with Gasteiger partial charge in [-0.05, 0) is 25.5 Å². The van der Waals surface area contributed by atoms with E-state index in [9.17, 15) is 4.79 Å². The molecule has 1 fully saturated rings. The van der Waals surface area contributed by atoms with Crippen LogP contribution in [0.1, 0.15) is 20.3 Å². The summed E-state index contributed by atoms with van der Waals surface area (Å²) in [6, 6.07) is 8.00. The average Bonchev–Trinajstić information content (AvgIpc) is 2.60. The largest absolute Gasteiger partial charge is 0.495 e. The number of rotatable bonds is 5. The van der Waals surface area contributed by atoms with E-state index in [1.807, 2.05) is 36.9 Å². The molecule has 0 bridgehead atoms. The number of methoxy groups -OCH3 is 2. The number of hydrogen-bond donors (Lipinski definition) is 0. The molecule has 0 radical (unpaired) electrons. The van der Waals surface area contributed by atoms with E-state index in [-0.39, 0.29) is 5.91 Å². The maximum absolute atomic E-state index is 12.6. The highest BCUT2D eigenvalue weighted by molar-refractivity contribution is 5.85. The van der Waals surface area contributed by atoms with Crippen molar-refractivity contribution in [2.45, 2.75) is 25.9 Å². The van der Waals surface area contributed by atoms with Gasteiger partial charge in [-0.25, -0.2) is 0 Å². The standard InChI is InChI=1S/C17H26N2O3/c1-5-17(2,22-4)16(20)19-12-10-18(11-13-19)14-8-6-7-9-15(14)21-3/h6-9H,5,10-13H2,1-4H3. The molecule has 0 aliphatic carbocycles. The first-order valence-electron chi connectivity index (χ1n) is 7.78. The van der Waals surface area contributed by atoms with Crippen molar-refractivity contribution in [2.75, 3.05) is 45.3 Å². The Morgan fingerprint density at radius 2 is 1.82 bits per heavy atom. The summed E-state index contributed by atoms with van der Waals surface area (Å²) in [7, 11) is 3.29. The lowest BCUT2D eigenvalue weighted by atomic mass is 10.0. The minimum atomic E-state index is -0.716. The molecule has 5 heteroatoms. The second-order valence-electron chi connectivity index (χ2n) is 5.74. The molecule has 1 aromatic carbocycles.